The van der Waals surface area contributed by atoms with E-state index in [4.69, 9.17) is 25.8 Å². The molecule has 148 valence electrons. The standard InChI is InChI=1S/C19H23ClO7/c1-8-4-11(26-17(23)18(3)7-25-18)13-9(2)16(22)27-15(13)14-10(8)5-12(21)19(14,24)6-20/h10-15,21,24H,1-2,4-7H2,3H3. The minimum absolute atomic E-state index is 0.187. The molecule has 0 aromatic carbocycles. The third kappa shape index (κ3) is 2.67. The molecule has 7 nitrogen and oxygen atoms in total. The second-order valence-corrected chi connectivity index (χ2v) is 8.52. The normalized spacial score (nSPS) is 48.5. The summed E-state index contributed by atoms with van der Waals surface area (Å²) in [6.07, 6.45) is -2.04. The molecular weight excluding hydrogens is 376 g/mol. The predicted molar refractivity (Wildman–Crippen MR) is 93.8 cm³/mol. The first-order chi connectivity index (χ1) is 12.6. The number of ether oxygens (including phenoxy) is 3. The number of carbonyl (C=O) groups excluding carboxylic acids is 2. The van der Waals surface area contributed by atoms with E-state index in [-0.39, 0.29) is 36.8 Å². The Kier molecular flexibility index (Phi) is 4.24. The van der Waals surface area contributed by atoms with Gasteiger partial charge < -0.3 is 24.4 Å². The summed E-state index contributed by atoms with van der Waals surface area (Å²) >= 11 is 6.01. The first kappa shape index (κ1) is 18.9. The SMILES string of the molecule is C=C1CC(OC(=O)C2(C)CO2)C2C(=C)C(=O)OC2C2C1CC(O)C2(O)CCl. The van der Waals surface area contributed by atoms with E-state index < -0.39 is 53.3 Å². The highest BCUT2D eigenvalue weighted by atomic mass is 35.5. The van der Waals surface area contributed by atoms with Gasteiger partial charge in [-0.25, -0.2) is 9.59 Å². The van der Waals surface area contributed by atoms with Gasteiger partial charge in [0.2, 0.25) is 0 Å². The molecule has 2 aliphatic carbocycles. The van der Waals surface area contributed by atoms with Crippen molar-refractivity contribution in [2.24, 2.45) is 17.8 Å². The van der Waals surface area contributed by atoms with E-state index in [1.165, 1.54) is 0 Å². The molecule has 4 rings (SSSR count). The molecule has 4 aliphatic rings. The van der Waals surface area contributed by atoms with E-state index in [9.17, 15) is 19.8 Å². The molecule has 2 N–H and O–H groups in total. The van der Waals surface area contributed by atoms with Crippen LogP contribution in [0, 0.1) is 17.8 Å². The first-order valence-electron chi connectivity index (χ1n) is 9.01. The van der Waals surface area contributed by atoms with E-state index in [2.05, 4.69) is 13.2 Å². The molecule has 0 aromatic rings. The molecule has 8 atom stereocenters. The largest absolute Gasteiger partial charge is 0.459 e. The maximum absolute atomic E-state index is 12.4. The smallest absolute Gasteiger partial charge is 0.340 e. The second kappa shape index (κ2) is 6.04. The lowest BCUT2D eigenvalue weighted by Crippen LogP contribution is -2.52. The van der Waals surface area contributed by atoms with Gasteiger partial charge >= 0.3 is 11.9 Å². The van der Waals surface area contributed by atoms with Crippen LogP contribution in [-0.4, -0.2) is 64.2 Å². The first-order valence-corrected chi connectivity index (χ1v) is 9.54. The number of aliphatic hydroxyl groups is 2. The molecule has 2 heterocycles. The van der Waals surface area contributed by atoms with Crippen molar-refractivity contribution in [2.45, 2.75) is 49.3 Å². The molecule has 0 amide bonds. The Bertz CT molecular complexity index is 730. The molecule has 27 heavy (non-hydrogen) atoms. The van der Waals surface area contributed by atoms with Gasteiger partial charge in [0, 0.05) is 17.9 Å². The summed E-state index contributed by atoms with van der Waals surface area (Å²) < 4.78 is 16.4. The number of fused-ring (bicyclic) bond motifs is 3. The van der Waals surface area contributed by atoms with Crippen LogP contribution in [0.1, 0.15) is 19.8 Å². The van der Waals surface area contributed by atoms with Crippen molar-refractivity contribution in [3.63, 3.8) is 0 Å². The van der Waals surface area contributed by atoms with Crippen LogP contribution in [0.25, 0.3) is 0 Å². The zero-order valence-electron chi connectivity index (χ0n) is 15.0. The summed E-state index contributed by atoms with van der Waals surface area (Å²) in [5, 5.41) is 21.5. The molecular formula is C19H23ClO7. The highest BCUT2D eigenvalue weighted by Gasteiger charge is 2.64. The summed E-state index contributed by atoms with van der Waals surface area (Å²) in [7, 11) is 0. The zero-order valence-corrected chi connectivity index (χ0v) is 15.8. The second-order valence-electron chi connectivity index (χ2n) is 8.26. The van der Waals surface area contributed by atoms with E-state index in [0.717, 1.165) is 5.57 Å². The Morgan fingerprint density at radius 3 is 2.70 bits per heavy atom. The van der Waals surface area contributed by atoms with Crippen molar-refractivity contribution in [2.75, 3.05) is 12.5 Å². The topological polar surface area (TPSA) is 106 Å². The van der Waals surface area contributed by atoms with Gasteiger partial charge in [-0.2, -0.15) is 0 Å². The van der Waals surface area contributed by atoms with Crippen LogP contribution >= 0.6 is 11.6 Å². The van der Waals surface area contributed by atoms with E-state index in [1.54, 1.807) is 6.92 Å². The van der Waals surface area contributed by atoms with Gasteiger partial charge in [-0.3, -0.25) is 0 Å². The van der Waals surface area contributed by atoms with Crippen molar-refractivity contribution in [1.29, 1.82) is 0 Å². The van der Waals surface area contributed by atoms with Gasteiger partial charge in [-0.15, -0.1) is 11.6 Å². The number of hydrogen-bond donors (Lipinski definition) is 2. The van der Waals surface area contributed by atoms with Gasteiger partial charge in [-0.1, -0.05) is 18.7 Å². The fourth-order valence-electron chi connectivity index (χ4n) is 4.75. The highest BCUT2D eigenvalue weighted by Crippen LogP contribution is 2.55. The predicted octanol–water partition coefficient (Wildman–Crippen LogP) is 0.712. The summed E-state index contributed by atoms with van der Waals surface area (Å²) in [6.45, 7) is 9.85. The molecule has 0 aromatic heterocycles. The third-order valence-electron chi connectivity index (χ3n) is 6.55. The van der Waals surface area contributed by atoms with Crippen LogP contribution in [0.2, 0.25) is 0 Å². The molecule has 2 aliphatic heterocycles. The lowest BCUT2D eigenvalue weighted by molar-refractivity contribution is -0.161. The molecule has 8 heteroatoms. The number of esters is 2. The van der Waals surface area contributed by atoms with Crippen molar-refractivity contribution in [3.05, 3.63) is 24.3 Å². The Morgan fingerprint density at radius 2 is 2.11 bits per heavy atom. The van der Waals surface area contributed by atoms with Crippen LogP contribution in [0.5, 0.6) is 0 Å². The van der Waals surface area contributed by atoms with Crippen LogP contribution < -0.4 is 0 Å². The van der Waals surface area contributed by atoms with Crippen molar-refractivity contribution < 1.29 is 34.0 Å². The van der Waals surface area contributed by atoms with Gasteiger partial charge in [0.25, 0.3) is 0 Å². The van der Waals surface area contributed by atoms with Crippen LogP contribution in [0.15, 0.2) is 24.3 Å². The monoisotopic (exact) mass is 398 g/mol. The number of carbonyl (C=O) groups is 2. The summed E-state index contributed by atoms with van der Waals surface area (Å²) in [5.74, 6) is -2.92. The fourth-order valence-corrected chi connectivity index (χ4v) is 5.11. The van der Waals surface area contributed by atoms with Crippen molar-refractivity contribution in [3.8, 4) is 0 Å². The van der Waals surface area contributed by atoms with Crippen molar-refractivity contribution in [1.82, 2.24) is 0 Å². The van der Waals surface area contributed by atoms with Gasteiger partial charge in [0.05, 0.1) is 24.5 Å². The summed E-state index contributed by atoms with van der Waals surface area (Å²) in [4.78, 5) is 24.7. The zero-order chi connectivity index (χ0) is 19.7. The molecule has 2 saturated carbocycles. The Balaban J connectivity index is 1.72. The number of epoxide rings is 1. The van der Waals surface area contributed by atoms with Crippen LogP contribution in [-0.2, 0) is 23.8 Å². The Labute approximate surface area is 161 Å². The Morgan fingerprint density at radius 1 is 1.44 bits per heavy atom. The average molecular weight is 399 g/mol. The minimum Gasteiger partial charge on any atom is -0.459 e. The number of hydrogen-bond acceptors (Lipinski definition) is 7. The number of alkyl halides is 1. The van der Waals surface area contributed by atoms with Crippen molar-refractivity contribution >= 4 is 23.5 Å². The molecule has 0 radical (unpaired) electrons. The number of aliphatic hydroxyl groups excluding tert-OH is 1. The lowest BCUT2D eigenvalue weighted by atomic mass is 9.76. The molecule has 0 spiro atoms. The third-order valence-corrected chi connectivity index (χ3v) is 6.98. The molecule has 4 fully saturated rings. The maximum Gasteiger partial charge on any atom is 0.340 e. The number of halogens is 1. The Hall–Kier alpha value is -1.41. The van der Waals surface area contributed by atoms with Crippen LogP contribution in [0.4, 0.5) is 0 Å². The molecule has 0 bridgehead atoms. The highest BCUT2D eigenvalue weighted by molar-refractivity contribution is 6.18. The van der Waals surface area contributed by atoms with Crippen LogP contribution in [0.3, 0.4) is 0 Å². The number of rotatable bonds is 3. The summed E-state index contributed by atoms with van der Waals surface area (Å²) in [5.41, 5.74) is -1.69. The molecule has 2 saturated heterocycles. The summed E-state index contributed by atoms with van der Waals surface area (Å²) in [6, 6.07) is 0. The van der Waals surface area contributed by atoms with E-state index in [0.29, 0.717) is 0 Å². The van der Waals surface area contributed by atoms with Gasteiger partial charge in [0.15, 0.2) is 5.60 Å². The minimum atomic E-state index is -1.63. The van der Waals surface area contributed by atoms with E-state index >= 15 is 0 Å². The lowest BCUT2D eigenvalue weighted by Gasteiger charge is -2.37. The fraction of sp³-hybridized carbons (Fsp3) is 0.684. The van der Waals surface area contributed by atoms with Gasteiger partial charge in [0.1, 0.15) is 17.8 Å². The molecule has 8 unspecified atom stereocenters. The van der Waals surface area contributed by atoms with E-state index in [1.807, 2.05) is 0 Å². The maximum atomic E-state index is 12.4. The average Bonchev–Trinajstić information content (AvgIpc) is 3.25. The quantitative estimate of drug-likeness (QED) is 0.237. The van der Waals surface area contributed by atoms with Gasteiger partial charge in [-0.05, 0) is 19.3 Å².